The van der Waals surface area contributed by atoms with Gasteiger partial charge in [-0.2, -0.15) is 0 Å². The molecule has 1 aromatic heterocycles. The van der Waals surface area contributed by atoms with Crippen LogP contribution in [0.3, 0.4) is 0 Å². The van der Waals surface area contributed by atoms with Crippen LogP contribution in [0.5, 0.6) is 0 Å². The predicted molar refractivity (Wildman–Crippen MR) is 48.2 cm³/mol. The Kier molecular flexibility index (Phi) is 2.22. The highest BCUT2D eigenvalue weighted by molar-refractivity contribution is 5.40. The number of aromatic nitrogens is 1. The highest BCUT2D eigenvalue weighted by atomic mass is 16.5. The van der Waals surface area contributed by atoms with Crippen LogP contribution >= 0.6 is 0 Å². The molecular weight excluding hydrogens is 168 g/mol. The van der Waals surface area contributed by atoms with Gasteiger partial charge in [0.05, 0.1) is 17.4 Å². The molecule has 72 valence electrons. The van der Waals surface area contributed by atoms with Gasteiger partial charge < -0.3 is 15.0 Å². The number of ether oxygens (including phenoxy) is 1. The zero-order valence-electron chi connectivity index (χ0n) is 7.75. The van der Waals surface area contributed by atoms with Gasteiger partial charge in [-0.05, 0) is 26.2 Å². The molecule has 0 saturated carbocycles. The third-order valence-electron chi connectivity index (χ3n) is 2.44. The van der Waals surface area contributed by atoms with Gasteiger partial charge in [0.2, 0.25) is 5.88 Å². The van der Waals surface area contributed by atoms with Gasteiger partial charge in [0.15, 0.2) is 0 Å². The van der Waals surface area contributed by atoms with Gasteiger partial charge in [-0.25, -0.2) is 0 Å². The minimum atomic E-state index is 0.0972. The van der Waals surface area contributed by atoms with Crippen molar-refractivity contribution in [2.24, 2.45) is 0 Å². The van der Waals surface area contributed by atoms with Crippen LogP contribution in [0.4, 0.5) is 5.88 Å². The fourth-order valence-corrected chi connectivity index (χ4v) is 1.75. The summed E-state index contributed by atoms with van der Waals surface area (Å²) in [5, 5.41) is 3.81. The van der Waals surface area contributed by atoms with Gasteiger partial charge in [0.1, 0.15) is 0 Å². The Balaban J connectivity index is 2.22. The van der Waals surface area contributed by atoms with E-state index < -0.39 is 0 Å². The summed E-state index contributed by atoms with van der Waals surface area (Å²) in [7, 11) is 0. The number of hydrogen-bond acceptors (Lipinski definition) is 4. The maximum Gasteiger partial charge on any atom is 0.228 e. The number of anilines is 1. The Morgan fingerprint density at radius 3 is 2.85 bits per heavy atom. The second-order valence-corrected chi connectivity index (χ2v) is 3.40. The van der Waals surface area contributed by atoms with E-state index in [0.717, 1.165) is 30.7 Å². The normalized spacial score (nSPS) is 23.3. The highest BCUT2D eigenvalue weighted by Gasteiger charge is 2.23. The minimum absolute atomic E-state index is 0.0972. The molecule has 2 rings (SSSR count). The van der Waals surface area contributed by atoms with Crippen LogP contribution < -0.4 is 5.73 Å². The number of rotatable bonds is 1. The number of hydrogen-bond donors (Lipinski definition) is 1. The number of aryl methyl sites for hydroxylation is 1. The quantitative estimate of drug-likeness (QED) is 0.719. The summed E-state index contributed by atoms with van der Waals surface area (Å²) in [6.45, 7) is 2.71. The van der Waals surface area contributed by atoms with Crippen molar-refractivity contribution in [2.45, 2.75) is 32.3 Å². The fraction of sp³-hybridized carbons (Fsp3) is 0.667. The van der Waals surface area contributed by atoms with Crippen molar-refractivity contribution in [3.8, 4) is 0 Å². The first-order valence-corrected chi connectivity index (χ1v) is 4.62. The predicted octanol–water partition coefficient (Wildman–Crippen LogP) is 1.81. The lowest BCUT2D eigenvalue weighted by molar-refractivity contribution is 0.0148. The molecule has 1 aliphatic rings. The van der Waals surface area contributed by atoms with E-state index >= 15 is 0 Å². The summed E-state index contributed by atoms with van der Waals surface area (Å²) in [6, 6.07) is 0. The van der Waals surface area contributed by atoms with Gasteiger partial charge >= 0.3 is 0 Å². The van der Waals surface area contributed by atoms with Crippen molar-refractivity contribution in [1.29, 1.82) is 0 Å². The maximum absolute atomic E-state index is 5.66. The monoisotopic (exact) mass is 182 g/mol. The largest absolute Gasteiger partial charge is 0.373 e. The lowest BCUT2D eigenvalue weighted by Crippen LogP contribution is -2.13. The van der Waals surface area contributed by atoms with E-state index in [4.69, 9.17) is 15.0 Å². The molecule has 13 heavy (non-hydrogen) atoms. The second-order valence-electron chi connectivity index (χ2n) is 3.40. The number of nitrogens with two attached hydrogens (primary N) is 1. The first kappa shape index (κ1) is 8.56. The van der Waals surface area contributed by atoms with Crippen molar-refractivity contribution in [3.63, 3.8) is 0 Å². The molecule has 1 aliphatic heterocycles. The summed E-state index contributed by atoms with van der Waals surface area (Å²) < 4.78 is 10.5. The Labute approximate surface area is 77.0 Å². The van der Waals surface area contributed by atoms with Gasteiger partial charge in [-0.1, -0.05) is 5.16 Å². The van der Waals surface area contributed by atoms with Crippen LogP contribution in [0.25, 0.3) is 0 Å². The van der Waals surface area contributed by atoms with Crippen LogP contribution in [-0.4, -0.2) is 11.8 Å². The summed E-state index contributed by atoms with van der Waals surface area (Å²) in [4.78, 5) is 0. The molecular formula is C9H14N2O2. The Morgan fingerprint density at radius 2 is 2.31 bits per heavy atom. The highest BCUT2D eigenvalue weighted by Crippen LogP contribution is 2.33. The van der Waals surface area contributed by atoms with Crippen LogP contribution in [0, 0.1) is 6.92 Å². The molecule has 1 atom stereocenters. The van der Waals surface area contributed by atoms with Crippen molar-refractivity contribution in [1.82, 2.24) is 5.16 Å². The summed E-state index contributed by atoms with van der Waals surface area (Å²) in [6.07, 6.45) is 3.45. The lowest BCUT2D eigenvalue weighted by Gasteiger charge is -2.21. The Hall–Kier alpha value is -1.03. The molecule has 0 aromatic carbocycles. The summed E-state index contributed by atoms with van der Waals surface area (Å²) in [5.74, 6) is 0.407. The maximum atomic E-state index is 5.66. The topological polar surface area (TPSA) is 61.3 Å². The van der Waals surface area contributed by atoms with Crippen molar-refractivity contribution >= 4 is 5.88 Å². The first-order chi connectivity index (χ1) is 6.29. The minimum Gasteiger partial charge on any atom is -0.373 e. The zero-order chi connectivity index (χ0) is 9.26. The van der Waals surface area contributed by atoms with Crippen LogP contribution in [0.15, 0.2) is 4.52 Å². The zero-order valence-corrected chi connectivity index (χ0v) is 7.75. The molecule has 1 unspecified atom stereocenters. The van der Waals surface area contributed by atoms with Gasteiger partial charge in [-0.15, -0.1) is 0 Å². The third kappa shape index (κ3) is 1.54. The van der Waals surface area contributed by atoms with E-state index in [1.165, 1.54) is 6.42 Å². The first-order valence-electron chi connectivity index (χ1n) is 4.62. The van der Waals surface area contributed by atoms with Crippen LogP contribution in [0.1, 0.15) is 36.6 Å². The van der Waals surface area contributed by atoms with E-state index in [1.807, 2.05) is 6.92 Å². The van der Waals surface area contributed by atoms with E-state index in [1.54, 1.807) is 0 Å². The van der Waals surface area contributed by atoms with Crippen molar-refractivity contribution in [2.75, 3.05) is 12.3 Å². The molecule has 1 aromatic rings. The molecule has 0 amide bonds. The van der Waals surface area contributed by atoms with Gasteiger partial charge in [0.25, 0.3) is 0 Å². The third-order valence-corrected chi connectivity index (χ3v) is 2.44. The van der Waals surface area contributed by atoms with Gasteiger partial charge in [-0.3, -0.25) is 0 Å². The molecule has 0 spiro atoms. The molecule has 0 radical (unpaired) electrons. The van der Waals surface area contributed by atoms with Crippen molar-refractivity contribution in [3.05, 3.63) is 11.3 Å². The molecule has 0 bridgehead atoms. The molecule has 1 saturated heterocycles. The molecule has 4 nitrogen and oxygen atoms in total. The molecule has 2 N–H and O–H groups in total. The van der Waals surface area contributed by atoms with E-state index in [-0.39, 0.29) is 6.10 Å². The average molecular weight is 182 g/mol. The molecule has 0 aliphatic carbocycles. The Bertz CT molecular complexity index is 270. The average Bonchev–Trinajstić information content (AvgIpc) is 2.48. The molecule has 2 heterocycles. The standard InChI is InChI=1S/C9H14N2O2/c1-6-8(9(10)13-11-6)7-4-2-3-5-12-7/h7H,2-5,10H2,1H3. The smallest absolute Gasteiger partial charge is 0.228 e. The van der Waals surface area contributed by atoms with Crippen LogP contribution in [-0.2, 0) is 4.74 Å². The number of nitrogens with zero attached hydrogens (tertiary/aromatic N) is 1. The van der Waals surface area contributed by atoms with Gasteiger partial charge in [0, 0.05) is 6.61 Å². The SMILES string of the molecule is Cc1noc(N)c1C1CCCCO1. The fourth-order valence-electron chi connectivity index (χ4n) is 1.75. The molecule has 1 fully saturated rings. The van der Waals surface area contributed by atoms with Crippen molar-refractivity contribution < 1.29 is 9.26 Å². The van der Waals surface area contributed by atoms with Crippen LogP contribution in [0.2, 0.25) is 0 Å². The Morgan fingerprint density at radius 1 is 1.46 bits per heavy atom. The summed E-state index contributed by atoms with van der Waals surface area (Å²) >= 11 is 0. The number of nitrogen functional groups attached to an aromatic ring is 1. The summed E-state index contributed by atoms with van der Waals surface area (Å²) in [5.41, 5.74) is 7.46. The lowest BCUT2D eigenvalue weighted by atomic mass is 10.0. The van der Waals surface area contributed by atoms with E-state index in [9.17, 15) is 0 Å². The van der Waals surface area contributed by atoms with E-state index in [2.05, 4.69) is 5.16 Å². The molecule has 4 heteroatoms. The second kappa shape index (κ2) is 3.38. The van der Waals surface area contributed by atoms with E-state index in [0.29, 0.717) is 5.88 Å².